The van der Waals surface area contributed by atoms with Crippen molar-refractivity contribution in [2.45, 2.75) is 65.0 Å². The van der Waals surface area contributed by atoms with Gasteiger partial charge in [-0.3, -0.25) is 0 Å². The van der Waals surface area contributed by atoms with Crippen molar-refractivity contribution < 1.29 is 4.74 Å². The van der Waals surface area contributed by atoms with E-state index in [0.29, 0.717) is 12.1 Å². The number of hydrogen-bond donors (Lipinski definition) is 1. The summed E-state index contributed by atoms with van der Waals surface area (Å²) in [6, 6.07) is 9.44. The van der Waals surface area contributed by atoms with Crippen LogP contribution < -0.4 is 5.32 Å². The number of rotatable bonds is 8. The van der Waals surface area contributed by atoms with E-state index in [9.17, 15) is 0 Å². The summed E-state index contributed by atoms with van der Waals surface area (Å²) >= 11 is 0. The van der Waals surface area contributed by atoms with Gasteiger partial charge in [0, 0.05) is 12.6 Å². The maximum absolute atomic E-state index is 5.89. The molecule has 0 bridgehead atoms. The Labute approximate surface area is 130 Å². The molecule has 1 aromatic carbocycles. The topological polar surface area (TPSA) is 21.3 Å². The van der Waals surface area contributed by atoms with E-state index in [0.717, 1.165) is 25.5 Å². The molecule has 1 aliphatic carbocycles. The maximum Gasteiger partial charge on any atom is 0.0594 e. The quantitative estimate of drug-likeness (QED) is 0.712. The predicted octanol–water partition coefficient (Wildman–Crippen LogP) is 4.49. The first-order chi connectivity index (χ1) is 10.1. The molecule has 0 spiro atoms. The van der Waals surface area contributed by atoms with Gasteiger partial charge in [0.25, 0.3) is 0 Å². The molecule has 0 aromatic heterocycles. The molecule has 0 aliphatic heterocycles. The third-order valence-corrected chi connectivity index (χ3v) is 4.33. The van der Waals surface area contributed by atoms with Crippen LogP contribution in [-0.4, -0.2) is 19.3 Å². The Morgan fingerprint density at radius 1 is 1.10 bits per heavy atom. The average Bonchev–Trinajstić information content (AvgIpc) is 2.97. The minimum atomic E-state index is 0.394. The first-order valence-electron chi connectivity index (χ1n) is 8.59. The van der Waals surface area contributed by atoms with Gasteiger partial charge in [-0.2, -0.15) is 0 Å². The molecule has 0 heterocycles. The van der Waals surface area contributed by atoms with E-state index in [4.69, 9.17) is 4.74 Å². The summed E-state index contributed by atoms with van der Waals surface area (Å²) in [6.45, 7) is 8.53. The van der Waals surface area contributed by atoms with Gasteiger partial charge in [0.15, 0.2) is 0 Å². The SMILES string of the molecule is CC(C)Cc1ccc(C(C)NCCOC2CCCC2)cc1. The highest BCUT2D eigenvalue weighted by Gasteiger charge is 2.14. The zero-order valence-corrected chi connectivity index (χ0v) is 13.9. The molecule has 1 unspecified atom stereocenters. The fourth-order valence-electron chi connectivity index (χ4n) is 3.09. The normalized spacial score (nSPS) is 17.5. The predicted molar refractivity (Wildman–Crippen MR) is 89.6 cm³/mol. The summed E-state index contributed by atoms with van der Waals surface area (Å²) < 4.78 is 5.89. The van der Waals surface area contributed by atoms with Crippen LogP contribution >= 0.6 is 0 Å². The van der Waals surface area contributed by atoms with Crippen LogP contribution in [0.3, 0.4) is 0 Å². The van der Waals surface area contributed by atoms with Crippen LogP contribution in [0.4, 0.5) is 0 Å². The van der Waals surface area contributed by atoms with E-state index >= 15 is 0 Å². The molecule has 0 saturated heterocycles. The molecule has 2 nitrogen and oxygen atoms in total. The van der Waals surface area contributed by atoms with Gasteiger partial charge in [0.1, 0.15) is 0 Å². The summed E-state index contributed by atoms with van der Waals surface area (Å²) in [5, 5.41) is 3.56. The molecule has 1 aromatic rings. The van der Waals surface area contributed by atoms with Gasteiger partial charge in [0.05, 0.1) is 12.7 Å². The summed E-state index contributed by atoms with van der Waals surface area (Å²) in [7, 11) is 0. The molecule has 1 N–H and O–H groups in total. The summed E-state index contributed by atoms with van der Waals surface area (Å²) in [6.07, 6.45) is 6.89. The van der Waals surface area contributed by atoms with Crippen molar-refractivity contribution in [2.24, 2.45) is 5.92 Å². The highest BCUT2D eigenvalue weighted by atomic mass is 16.5. The van der Waals surface area contributed by atoms with E-state index in [1.54, 1.807) is 0 Å². The number of hydrogen-bond acceptors (Lipinski definition) is 2. The average molecular weight is 289 g/mol. The fourth-order valence-corrected chi connectivity index (χ4v) is 3.09. The van der Waals surface area contributed by atoms with Crippen LogP contribution in [0.15, 0.2) is 24.3 Å². The number of benzene rings is 1. The molecule has 2 heteroatoms. The largest absolute Gasteiger partial charge is 0.377 e. The Morgan fingerprint density at radius 2 is 1.76 bits per heavy atom. The Balaban J connectivity index is 1.68. The van der Waals surface area contributed by atoms with Gasteiger partial charge in [0.2, 0.25) is 0 Å². The van der Waals surface area contributed by atoms with Crippen molar-refractivity contribution in [3.63, 3.8) is 0 Å². The summed E-state index contributed by atoms with van der Waals surface area (Å²) in [5.41, 5.74) is 2.80. The van der Waals surface area contributed by atoms with Gasteiger partial charge < -0.3 is 10.1 Å². The van der Waals surface area contributed by atoms with Gasteiger partial charge in [-0.05, 0) is 43.2 Å². The molecule has 21 heavy (non-hydrogen) atoms. The minimum absolute atomic E-state index is 0.394. The van der Waals surface area contributed by atoms with Crippen LogP contribution in [0.1, 0.15) is 63.6 Å². The van der Waals surface area contributed by atoms with Crippen molar-refractivity contribution in [1.29, 1.82) is 0 Å². The molecule has 1 fully saturated rings. The molecule has 118 valence electrons. The zero-order valence-electron chi connectivity index (χ0n) is 13.9. The Kier molecular flexibility index (Phi) is 6.72. The molecule has 1 atom stereocenters. The third-order valence-electron chi connectivity index (χ3n) is 4.33. The number of nitrogens with one attached hydrogen (secondary N) is 1. The van der Waals surface area contributed by atoms with Crippen molar-refractivity contribution in [3.05, 3.63) is 35.4 Å². The van der Waals surface area contributed by atoms with E-state index < -0.39 is 0 Å². The van der Waals surface area contributed by atoms with Crippen molar-refractivity contribution in [3.8, 4) is 0 Å². The molecular weight excluding hydrogens is 258 g/mol. The van der Waals surface area contributed by atoms with Gasteiger partial charge in [-0.15, -0.1) is 0 Å². The van der Waals surface area contributed by atoms with E-state index in [1.165, 1.54) is 36.8 Å². The monoisotopic (exact) mass is 289 g/mol. The van der Waals surface area contributed by atoms with Crippen molar-refractivity contribution in [2.75, 3.05) is 13.2 Å². The smallest absolute Gasteiger partial charge is 0.0594 e. The van der Waals surface area contributed by atoms with Gasteiger partial charge in [-0.25, -0.2) is 0 Å². The zero-order chi connectivity index (χ0) is 15.1. The molecular formula is C19H31NO. The Hall–Kier alpha value is -0.860. The van der Waals surface area contributed by atoms with E-state index in [1.807, 2.05) is 0 Å². The van der Waals surface area contributed by atoms with Crippen LogP contribution in [0.5, 0.6) is 0 Å². The lowest BCUT2D eigenvalue weighted by molar-refractivity contribution is 0.0593. The second kappa shape index (κ2) is 8.55. The Morgan fingerprint density at radius 3 is 2.38 bits per heavy atom. The first kappa shape index (κ1) is 16.5. The van der Waals surface area contributed by atoms with Crippen molar-refractivity contribution >= 4 is 0 Å². The van der Waals surface area contributed by atoms with Crippen LogP contribution in [-0.2, 0) is 11.2 Å². The van der Waals surface area contributed by atoms with Crippen LogP contribution in [0.25, 0.3) is 0 Å². The third kappa shape index (κ3) is 5.80. The molecule has 0 amide bonds. The van der Waals surface area contributed by atoms with Gasteiger partial charge in [-0.1, -0.05) is 51.0 Å². The maximum atomic E-state index is 5.89. The van der Waals surface area contributed by atoms with Crippen molar-refractivity contribution in [1.82, 2.24) is 5.32 Å². The number of ether oxygens (including phenoxy) is 1. The lowest BCUT2D eigenvalue weighted by Crippen LogP contribution is -2.25. The van der Waals surface area contributed by atoms with E-state index in [2.05, 4.69) is 50.4 Å². The fraction of sp³-hybridized carbons (Fsp3) is 0.684. The van der Waals surface area contributed by atoms with Crippen LogP contribution in [0.2, 0.25) is 0 Å². The summed E-state index contributed by atoms with van der Waals surface area (Å²) in [5.74, 6) is 0.721. The highest BCUT2D eigenvalue weighted by Crippen LogP contribution is 2.20. The minimum Gasteiger partial charge on any atom is -0.377 e. The molecule has 1 aliphatic rings. The van der Waals surface area contributed by atoms with Crippen LogP contribution in [0, 0.1) is 5.92 Å². The lowest BCUT2D eigenvalue weighted by atomic mass is 10.00. The van der Waals surface area contributed by atoms with E-state index in [-0.39, 0.29) is 0 Å². The summed E-state index contributed by atoms with van der Waals surface area (Å²) in [4.78, 5) is 0. The lowest BCUT2D eigenvalue weighted by Gasteiger charge is -2.16. The highest BCUT2D eigenvalue weighted by molar-refractivity contribution is 5.25. The Bertz CT molecular complexity index is 393. The van der Waals surface area contributed by atoms with Gasteiger partial charge >= 0.3 is 0 Å². The molecule has 0 radical (unpaired) electrons. The first-order valence-corrected chi connectivity index (χ1v) is 8.59. The standard InChI is InChI=1S/C19H31NO/c1-15(2)14-17-8-10-18(11-9-17)16(3)20-12-13-21-19-6-4-5-7-19/h8-11,15-16,19-20H,4-7,12-14H2,1-3H3. The second-order valence-electron chi connectivity index (χ2n) is 6.79. The molecule has 2 rings (SSSR count). The molecule has 1 saturated carbocycles. The second-order valence-corrected chi connectivity index (χ2v) is 6.79.